The molecule has 98 valence electrons. The van der Waals surface area contributed by atoms with Gasteiger partial charge in [-0.05, 0) is 34.8 Å². The Morgan fingerprint density at radius 3 is 2.33 bits per heavy atom. The number of carboxylic acids is 1. The van der Waals surface area contributed by atoms with Crippen LogP contribution >= 0.6 is 15.9 Å². The summed E-state index contributed by atoms with van der Waals surface area (Å²) in [5.74, 6) is -1.19. The molecule has 1 aromatic rings. The van der Waals surface area contributed by atoms with E-state index in [1.54, 1.807) is 0 Å². The van der Waals surface area contributed by atoms with Gasteiger partial charge in [-0.1, -0.05) is 0 Å². The minimum absolute atomic E-state index is 0.0672. The van der Waals surface area contributed by atoms with Crippen molar-refractivity contribution in [3.63, 3.8) is 0 Å². The first kappa shape index (κ1) is 13.1. The molecule has 1 aliphatic carbocycles. The molecule has 1 aromatic carbocycles. The number of hydrogen-bond acceptors (Lipinski definition) is 3. The van der Waals surface area contributed by atoms with Gasteiger partial charge < -0.3 is 14.6 Å². The van der Waals surface area contributed by atoms with E-state index in [4.69, 9.17) is 9.47 Å². The third-order valence-corrected chi connectivity index (χ3v) is 3.78. The standard InChI is InChI=1S/C12H12BrFO4/c1-17-9-6(13)5-7(14)8(10(9)18-2)12(3-4-12)11(15)16/h5H,3-4H2,1-2H3,(H,15,16). The number of methoxy groups -OCH3 is 2. The zero-order valence-electron chi connectivity index (χ0n) is 9.92. The molecular weight excluding hydrogens is 307 g/mol. The van der Waals surface area contributed by atoms with Gasteiger partial charge in [-0.3, -0.25) is 4.79 Å². The average molecular weight is 319 g/mol. The highest BCUT2D eigenvalue weighted by Crippen LogP contribution is 2.55. The minimum atomic E-state index is -1.18. The molecular formula is C12H12BrFO4. The zero-order chi connectivity index (χ0) is 13.5. The predicted octanol–water partition coefficient (Wildman–Crippen LogP) is 2.72. The number of carbonyl (C=O) groups is 1. The van der Waals surface area contributed by atoms with Crippen molar-refractivity contribution in [2.75, 3.05) is 14.2 Å². The lowest BCUT2D eigenvalue weighted by molar-refractivity contribution is -0.140. The Kier molecular flexibility index (Phi) is 3.23. The maximum Gasteiger partial charge on any atom is 0.314 e. The van der Waals surface area contributed by atoms with Crippen LogP contribution in [0.2, 0.25) is 0 Å². The van der Waals surface area contributed by atoms with E-state index in [0.717, 1.165) is 0 Å². The van der Waals surface area contributed by atoms with Crippen LogP contribution in [0.4, 0.5) is 4.39 Å². The summed E-state index contributed by atoms with van der Waals surface area (Å²) in [4.78, 5) is 11.3. The third-order valence-electron chi connectivity index (χ3n) is 3.19. The second kappa shape index (κ2) is 4.42. The van der Waals surface area contributed by atoms with Crippen molar-refractivity contribution in [3.8, 4) is 11.5 Å². The Morgan fingerprint density at radius 2 is 1.94 bits per heavy atom. The minimum Gasteiger partial charge on any atom is -0.492 e. The van der Waals surface area contributed by atoms with E-state index in [1.165, 1.54) is 20.3 Å². The lowest BCUT2D eigenvalue weighted by Crippen LogP contribution is -2.22. The Hall–Kier alpha value is -1.30. The van der Waals surface area contributed by atoms with E-state index in [-0.39, 0.29) is 11.3 Å². The fourth-order valence-electron chi connectivity index (χ4n) is 2.11. The van der Waals surface area contributed by atoms with Crippen LogP contribution in [0, 0.1) is 5.82 Å². The molecule has 1 N–H and O–H groups in total. The SMILES string of the molecule is COc1c(Br)cc(F)c(C2(C(=O)O)CC2)c1OC. The summed E-state index contributed by atoms with van der Waals surface area (Å²) in [6.45, 7) is 0. The average Bonchev–Trinajstić information content (AvgIpc) is 3.09. The second-order valence-corrected chi connectivity index (χ2v) is 5.02. The Morgan fingerprint density at radius 1 is 1.39 bits per heavy atom. The molecule has 18 heavy (non-hydrogen) atoms. The predicted molar refractivity (Wildman–Crippen MR) is 65.8 cm³/mol. The topological polar surface area (TPSA) is 55.8 Å². The summed E-state index contributed by atoms with van der Waals surface area (Å²) < 4.78 is 24.8. The van der Waals surface area contributed by atoms with Crippen LogP contribution in [0.1, 0.15) is 18.4 Å². The molecule has 0 atom stereocenters. The summed E-state index contributed by atoms with van der Waals surface area (Å²) in [7, 11) is 2.79. The van der Waals surface area contributed by atoms with Crippen molar-refractivity contribution < 1.29 is 23.8 Å². The van der Waals surface area contributed by atoms with Gasteiger partial charge in [0.05, 0.1) is 29.7 Å². The number of ether oxygens (including phenoxy) is 2. The van der Waals surface area contributed by atoms with Crippen molar-refractivity contribution >= 4 is 21.9 Å². The first-order valence-corrected chi connectivity index (χ1v) is 6.11. The molecule has 2 rings (SSSR count). The van der Waals surface area contributed by atoms with E-state index in [9.17, 15) is 14.3 Å². The van der Waals surface area contributed by atoms with Gasteiger partial charge in [-0.25, -0.2) is 4.39 Å². The largest absolute Gasteiger partial charge is 0.492 e. The number of carboxylic acid groups (broad SMARTS) is 1. The van der Waals surface area contributed by atoms with Crippen molar-refractivity contribution in [3.05, 3.63) is 21.9 Å². The van der Waals surface area contributed by atoms with Gasteiger partial charge in [-0.15, -0.1) is 0 Å². The summed E-state index contributed by atoms with van der Waals surface area (Å²) in [5, 5.41) is 9.26. The van der Waals surface area contributed by atoms with Crippen molar-refractivity contribution in [1.82, 2.24) is 0 Å². The molecule has 1 fully saturated rings. The van der Waals surface area contributed by atoms with Crippen LogP contribution in [-0.4, -0.2) is 25.3 Å². The Labute approximate surface area is 112 Å². The first-order valence-electron chi connectivity index (χ1n) is 5.31. The van der Waals surface area contributed by atoms with E-state index in [1.807, 2.05) is 0 Å². The highest BCUT2D eigenvalue weighted by molar-refractivity contribution is 9.10. The van der Waals surface area contributed by atoms with Crippen molar-refractivity contribution in [2.45, 2.75) is 18.3 Å². The summed E-state index contributed by atoms with van der Waals surface area (Å²) in [5.41, 5.74) is -1.11. The first-order chi connectivity index (χ1) is 8.47. The van der Waals surface area contributed by atoms with Crippen LogP contribution in [-0.2, 0) is 10.2 Å². The number of rotatable bonds is 4. The molecule has 0 aliphatic heterocycles. The van der Waals surface area contributed by atoms with Gasteiger partial charge >= 0.3 is 5.97 Å². The molecule has 0 radical (unpaired) electrons. The molecule has 6 heteroatoms. The fraction of sp³-hybridized carbons (Fsp3) is 0.417. The molecule has 1 aliphatic rings. The van der Waals surface area contributed by atoms with Gasteiger partial charge in [0.15, 0.2) is 11.5 Å². The molecule has 0 spiro atoms. The number of halogens is 2. The molecule has 0 saturated heterocycles. The van der Waals surface area contributed by atoms with Crippen LogP contribution in [0.15, 0.2) is 10.5 Å². The van der Waals surface area contributed by atoms with E-state index < -0.39 is 17.2 Å². The number of hydrogen-bond donors (Lipinski definition) is 1. The Balaban J connectivity index is 2.70. The molecule has 1 saturated carbocycles. The maximum atomic E-state index is 14.1. The lowest BCUT2D eigenvalue weighted by Gasteiger charge is -2.19. The molecule has 0 amide bonds. The van der Waals surface area contributed by atoms with Crippen molar-refractivity contribution in [2.24, 2.45) is 0 Å². The molecule has 0 bridgehead atoms. The monoisotopic (exact) mass is 318 g/mol. The molecule has 0 unspecified atom stereocenters. The summed E-state index contributed by atoms with van der Waals surface area (Å²) in [6, 6.07) is 1.21. The number of benzene rings is 1. The molecule has 4 nitrogen and oxygen atoms in total. The molecule has 0 aromatic heterocycles. The number of aliphatic carboxylic acids is 1. The van der Waals surface area contributed by atoms with E-state index in [2.05, 4.69) is 15.9 Å². The van der Waals surface area contributed by atoms with Gasteiger partial charge in [-0.2, -0.15) is 0 Å². The lowest BCUT2D eigenvalue weighted by atomic mass is 9.94. The maximum absolute atomic E-state index is 14.1. The fourth-order valence-corrected chi connectivity index (χ4v) is 2.65. The second-order valence-electron chi connectivity index (χ2n) is 4.17. The summed E-state index contributed by atoms with van der Waals surface area (Å²) in [6.07, 6.45) is 0.806. The van der Waals surface area contributed by atoms with Gasteiger partial charge in [0.2, 0.25) is 0 Å². The summed E-state index contributed by atoms with van der Waals surface area (Å²) >= 11 is 3.16. The van der Waals surface area contributed by atoms with Crippen LogP contribution in [0.5, 0.6) is 11.5 Å². The zero-order valence-corrected chi connectivity index (χ0v) is 11.5. The van der Waals surface area contributed by atoms with Crippen molar-refractivity contribution in [1.29, 1.82) is 0 Å². The smallest absolute Gasteiger partial charge is 0.314 e. The van der Waals surface area contributed by atoms with Crippen LogP contribution in [0.25, 0.3) is 0 Å². The van der Waals surface area contributed by atoms with Gasteiger partial charge in [0.25, 0.3) is 0 Å². The highest BCUT2D eigenvalue weighted by atomic mass is 79.9. The van der Waals surface area contributed by atoms with Gasteiger partial charge in [0, 0.05) is 0 Å². The van der Waals surface area contributed by atoms with Crippen LogP contribution < -0.4 is 9.47 Å². The quantitative estimate of drug-likeness (QED) is 0.927. The normalized spacial score (nSPS) is 16.2. The van der Waals surface area contributed by atoms with E-state index >= 15 is 0 Å². The highest BCUT2D eigenvalue weighted by Gasteiger charge is 2.55. The van der Waals surface area contributed by atoms with Gasteiger partial charge in [0.1, 0.15) is 5.82 Å². The van der Waals surface area contributed by atoms with E-state index in [0.29, 0.717) is 23.1 Å². The van der Waals surface area contributed by atoms with Crippen LogP contribution in [0.3, 0.4) is 0 Å². The molecule has 0 heterocycles. The Bertz CT molecular complexity index is 511. The third kappa shape index (κ3) is 1.75.